The number of carboxylic acid groups (broad SMARTS) is 1. The summed E-state index contributed by atoms with van der Waals surface area (Å²) in [6.45, 7) is 0.357. The minimum absolute atomic E-state index is 0.294. The van der Waals surface area contributed by atoms with Crippen LogP contribution in [0.2, 0.25) is 0 Å². The van der Waals surface area contributed by atoms with Gasteiger partial charge in [-0.05, 0) is 25.7 Å². The summed E-state index contributed by atoms with van der Waals surface area (Å²) in [5.41, 5.74) is 1.80. The van der Waals surface area contributed by atoms with Crippen LogP contribution < -0.4 is 5.48 Å². The first-order chi connectivity index (χ1) is 6.57. The lowest BCUT2D eigenvalue weighted by Gasteiger charge is -2.34. The quantitative estimate of drug-likeness (QED) is 0.566. The van der Waals surface area contributed by atoms with Gasteiger partial charge in [-0.2, -0.15) is 0 Å². The van der Waals surface area contributed by atoms with E-state index in [1.165, 1.54) is 7.11 Å². The van der Waals surface area contributed by atoms with Gasteiger partial charge in [0.25, 0.3) is 0 Å². The third-order valence-corrected chi connectivity index (χ3v) is 2.81. The molecule has 0 aromatic rings. The Morgan fingerprint density at radius 1 is 1.57 bits per heavy atom. The maximum absolute atomic E-state index is 10.7. The maximum atomic E-state index is 10.7. The van der Waals surface area contributed by atoms with Crippen LogP contribution in [0.5, 0.6) is 0 Å². The fraction of sp³-hybridized carbons (Fsp3) is 0.889. The van der Waals surface area contributed by atoms with Crippen LogP contribution in [-0.4, -0.2) is 35.4 Å². The minimum atomic E-state index is -0.804. The highest BCUT2D eigenvalue weighted by atomic mass is 16.6. The Morgan fingerprint density at radius 3 is 2.57 bits per heavy atom. The predicted octanol–water partition coefficient (Wildman–Crippen LogP) is 0.143. The van der Waals surface area contributed by atoms with Crippen molar-refractivity contribution in [3.8, 4) is 0 Å². The summed E-state index contributed by atoms with van der Waals surface area (Å²) in [5, 5.41) is 18.7. The number of rotatable bonds is 4. The third kappa shape index (κ3) is 2.94. The molecule has 1 fully saturated rings. The molecule has 5 heteroatoms. The van der Waals surface area contributed by atoms with Crippen LogP contribution in [0.1, 0.15) is 25.7 Å². The molecule has 0 bridgehead atoms. The van der Waals surface area contributed by atoms with E-state index in [1.54, 1.807) is 0 Å². The summed E-state index contributed by atoms with van der Waals surface area (Å²) in [5.74, 6) is -1.05. The van der Waals surface area contributed by atoms with Gasteiger partial charge in [0.05, 0.1) is 18.6 Å². The molecule has 0 heterocycles. The zero-order valence-corrected chi connectivity index (χ0v) is 8.32. The molecule has 0 radical (unpaired) electrons. The van der Waals surface area contributed by atoms with Crippen molar-refractivity contribution in [1.29, 1.82) is 0 Å². The third-order valence-electron chi connectivity index (χ3n) is 2.81. The van der Waals surface area contributed by atoms with Gasteiger partial charge in [-0.25, -0.2) is 5.48 Å². The van der Waals surface area contributed by atoms with Crippen molar-refractivity contribution < 1.29 is 19.8 Å². The number of hydrogen-bond acceptors (Lipinski definition) is 4. The average Bonchev–Trinajstić information content (AvgIpc) is 2.16. The molecule has 0 amide bonds. The van der Waals surface area contributed by atoms with Crippen LogP contribution in [0.25, 0.3) is 0 Å². The van der Waals surface area contributed by atoms with Gasteiger partial charge in [0, 0.05) is 6.54 Å². The molecule has 3 N–H and O–H groups in total. The molecular formula is C9H17NO4. The Kier molecular flexibility index (Phi) is 3.86. The van der Waals surface area contributed by atoms with E-state index in [9.17, 15) is 9.90 Å². The number of aliphatic carboxylic acids is 1. The van der Waals surface area contributed by atoms with E-state index in [2.05, 4.69) is 10.3 Å². The van der Waals surface area contributed by atoms with Crippen LogP contribution >= 0.6 is 0 Å². The van der Waals surface area contributed by atoms with Crippen LogP contribution in [0.3, 0.4) is 0 Å². The summed E-state index contributed by atoms with van der Waals surface area (Å²) >= 11 is 0. The smallest absolute Gasteiger partial charge is 0.306 e. The standard InChI is InChI=1S/C9H17NO4/c1-14-10-6-9(13)4-2-7(3-5-9)8(11)12/h7,10,13H,2-6H2,1H3,(H,11,12). The number of nitrogens with one attached hydrogen (secondary N) is 1. The Morgan fingerprint density at radius 2 is 2.14 bits per heavy atom. The van der Waals surface area contributed by atoms with E-state index in [0.29, 0.717) is 32.2 Å². The summed E-state index contributed by atoms with van der Waals surface area (Å²) in [6.07, 6.45) is 2.11. The molecule has 1 aliphatic rings. The van der Waals surface area contributed by atoms with E-state index in [1.807, 2.05) is 0 Å². The zero-order valence-electron chi connectivity index (χ0n) is 8.32. The monoisotopic (exact) mass is 203 g/mol. The van der Waals surface area contributed by atoms with Gasteiger partial charge in [0.15, 0.2) is 0 Å². The van der Waals surface area contributed by atoms with E-state index >= 15 is 0 Å². The summed E-state index contributed by atoms with van der Waals surface area (Å²) in [6, 6.07) is 0. The highest BCUT2D eigenvalue weighted by Crippen LogP contribution is 2.31. The van der Waals surface area contributed by atoms with Crippen LogP contribution in [0, 0.1) is 5.92 Å². The molecule has 14 heavy (non-hydrogen) atoms. The van der Waals surface area contributed by atoms with Crippen LogP contribution in [0.4, 0.5) is 0 Å². The van der Waals surface area contributed by atoms with Crippen molar-refractivity contribution in [3.05, 3.63) is 0 Å². The summed E-state index contributed by atoms with van der Waals surface area (Å²) in [7, 11) is 1.49. The van der Waals surface area contributed by atoms with Gasteiger partial charge in [-0.15, -0.1) is 0 Å². The second-order valence-electron chi connectivity index (χ2n) is 3.86. The second kappa shape index (κ2) is 4.72. The Hall–Kier alpha value is -0.650. The summed E-state index contributed by atoms with van der Waals surface area (Å²) < 4.78 is 0. The minimum Gasteiger partial charge on any atom is -0.481 e. The molecule has 5 nitrogen and oxygen atoms in total. The van der Waals surface area contributed by atoms with Crippen LogP contribution in [-0.2, 0) is 9.63 Å². The van der Waals surface area contributed by atoms with E-state index < -0.39 is 11.6 Å². The topological polar surface area (TPSA) is 78.8 Å². The van der Waals surface area contributed by atoms with Crippen molar-refractivity contribution in [3.63, 3.8) is 0 Å². The van der Waals surface area contributed by atoms with Crippen molar-refractivity contribution in [2.45, 2.75) is 31.3 Å². The van der Waals surface area contributed by atoms with Gasteiger partial charge in [0.2, 0.25) is 0 Å². The predicted molar refractivity (Wildman–Crippen MR) is 49.6 cm³/mol. The molecular weight excluding hydrogens is 186 g/mol. The molecule has 1 aliphatic carbocycles. The van der Waals surface area contributed by atoms with E-state index in [4.69, 9.17) is 5.11 Å². The van der Waals surface area contributed by atoms with Gasteiger partial charge in [0.1, 0.15) is 0 Å². The number of carboxylic acids is 1. The Bertz CT molecular complexity index is 199. The van der Waals surface area contributed by atoms with E-state index in [-0.39, 0.29) is 5.92 Å². The number of carbonyl (C=O) groups is 1. The highest BCUT2D eigenvalue weighted by Gasteiger charge is 2.35. The van der Waals surface area contributed by atoms with Crippen LogP contribution in [0.15, 0.2) is 0 Å². The molecule has 0 atom stereocenters. The summed E-state index contributed by atoms with van der Waals surface area (Å²) in [4.78, 5) is 15.3. The molecule has 0 spiro atoms. The van der Waals surface area contributed by atoms with Gasteiger partial charge in [-0.1, -0.05) is 0 Å². The molecule has 1 rings (SSSR count). The fourth-order valence-electron chi connectivity index (χ4n) is 1.79. The molecule has 0 unspecified atom stereocenters. The average molecular weight is 203 g/mol. The highest BCUT2D eigenvalue weighted by molar-refractivity contribution is 5.70. The second-order valence-corrected chi connectivity index (χ2v) is 3.86. The number of aliphatic hydroxyl groups is 1. The van der Waals surface area contributed by atoms with Crippen molar-refractivity contribution in [1.82, 2.24) is 5.48 Å². The van der Waals surface area contributed by atoms with Gasteiger partial charge < -0.3 is 15.1 Å². The lowest BCUT2D eigenvalue weighted by atomic mass is 9.79. The Balaban J connectivity index is 2.36. The van der Waals surface area contributed by atoms with Crippen molar-refractivity contribution in [2.24, 2.45) is 5.92 Å². The lowest BCUT2D eigenvalue weighted by Crippen LogP contribution is -2.44. The molecule has 0 aromatic heterocycles. The number of hydroxylamine groups is 1. The van der Waals surface area contributed by atoms with Gasteiger partial charge in [-0.3, -0.25) is 4.79 Å². The van der Waals surface area contributed by atoms with E-state index in [0.717, 1.165) is 0 Å². The SMILES string of the molecule is CONCC1(O)CCC(C(=O)O)CC1. The lowest BCUT2D eigenvalue weighted by molar-refractivity contribution is -0.145. The maximum Gasteiger partial charge on any atom is 0.306 e. The first-order valence-electron chi connectivity index (χ1n) is 4.78. The Labute approximate surface area is 83.0 Å². The largest absolute Gasteiger partial charge is 0.481 e. The normalized spacial score (nSPS) is 32.9. The first kappa shape index (κ1) is 11.4. The fourth-order valence-corrected chi connectivity index (χ4v) is 1.79. The van der Waals surface area contributed by atoms with Crippen molar-refractivity contribution >= 4 is 5.97 Å². The molecule has 82 valence electrons. The molecule has 0 saturated heterocycles. The first-order valence-corrected chi connectivity index (χ1v) is 4.78. The number of hydrogen-bond donors (Lipinski definition) is 3. The van der Waals surface area contributed by atoms with Crippen molar-refractivity contribution in [2.75, 3.05) is 13.7 Å². The molecule has 1 saturated carbocycles. The molecule has 0 aromatic carbocycles. The zero-order chi connectivity index (χ0) is 10.6. The molecule has 0 aliphatic heterocycles. The van der Waals surface area contributed by atoms with Gasteiger partial charge >= 0.3 is 5.97 Å².